The second-order valence-electron chi connectivity index (χ2n) is 4.32. The zero-order chi connectivity index (χ0) is 15.9. The monoisotopic (exact) mass is 314 g/mol. The number of nitriles is 1. The predicted octanol–water partition coefficient (Wildman–Crippen LogP) is 3.01. The summed E-state index contributed by atoms with van der Waals surface area (Å²) in [5, 5.41) is 11.7. The highest BCUT2D eigenvalue weighted by Crippen LogP contribution is 2.14. The summed E-state index contributed by atoms with van der Waals surface area (Å²) >= 11 is 5.80. The molecule has 2 aromatic rings. The molecule has 0 aliphatic carbocycles. The number of carbonyl (C=O) groups is 2. The molecular weight excluding hydrogens is 304 g/mol. The maximum absolute atomic E-state index is 11.7. The van der Waals surface area contributed by atoms with E-state index in [2.05, 4.69) is 5.32 Å². The van der Waals surface area contributed by atoms with Crippen LogP contribution >= 0.6 is 11.6 Å². The van der Waals surface area contributed by atoms with Gasteiger partial charge in [0.05, 0.1) is 17.2 Å². The van der Waals surface area contributed by atoms with Crippen LogP contribution in [0, 0.1) is 11.3 Å². The molecule has 0 bridgehead atoms. The van der Waals surface area contributed by atoms with E-state index in [4.69, 9.17) is 21.6 Å². The van der Waals surface area contributed by atoms with Gasteiger partial charge < -0.3 is 10.1 Å². The first kappa shape index (κ1) is 15.5. The van der Waals surface area contributed by atoms with Crippen molar-refractivity contribution in [1.29, 1.82) is 5.26 Å². The fourth-order valence-electron chi connectivity index (χ4n) is 1.66. The lowest BCUT2D eigenvalue weighted by atomic mass is 10.1. The van der Waals surface area contributed by atoms with Gasteiger partial charge in [-0.05, 0) is 42.5 Å². The molecule has 0 aliphatic heterocycles. The third-order valence-corrected chi connectivity index (χ3v) is 2.93. The Morgan fingerprint density at radius 2 is 1.91 bits per heavy atom. The Morgan fingerprint density at radius 1 is 1.18 bits per heavy atom. The van der Waals surface area contributed by atoms with Crippen molar-refractivity contribution in [2.75, 3.05) is 11.9 Å². The summed E-state index contributed by atoms with van der Waals surface area (Å²) in [6, 6.07) is 14.5. The third-order valence-electron chi connectivity index (χ3n) is 2.69. The second kappa shape index (κ2) is 7.25. The van der Waals surface area contributed by atoms with Gasteiger partial charge >= 0.3 is 5.97 Å². The smallest absolute Gasteiger partial charge is 0.338 e. The van der Waals surface area contributed by atoms with Gasteiger partial charge in [0, 0.05) is 10.7 Å². The highest BCUT2D eigenvalue weighted by Gasteiger charge is 2.10. The maximum Gasteiger partial charge on any atom is 0.338 e. The van der Waals surface area contributed by atoms with Crippen LogP contribution < -0.4 is 5.32 Å². The topological polar surface area (TPSA) is 79.2 Å². The predicted molar refractivity (Wildman–Crippen MR) is 81.5 cm³/mol. The van der Waals surface area contributed by atoms with Crippen LogP contribution in [0.3, 0.4) is 0 Å². The van der Waals surface area contributed by atoms with Crippen LogP contribution in [0.5, 0.6) is 0 Å². The summed E-state index contributed by atoms with van der Waals surface area (Å²) in [4.78, 5) is 23.4. The van der Waals surface area contributed by atoms with Crippen molar-refractivity contribution in [1.82, 2.24) is 0 Å². The van der Waals surface area contributed by atoms with Gasteiger partial charge in [0.1, 0.15) is 0 Å². The molecule has 0 atom stereocenters. The van der Waals surface area contributed by atoms with Gasteiger partial charge in [-0.2, -0.15) is 5.26 Å². The Bertz CT molecular complexity index is 736. The molecule has 0 spiro atoms. The molecule has 22 heavy (non-hydrogen) atoms. The molecular formula is C16H11ClN2O3. The number of hydrogen-bond acceptors (Lipinski definition) is 4. The van der Waals surface area contributed by atoms with Crippen molar-refractivity contribution in [2.24, 2.45) is 0 Å². The summed E-state index contributed by atoms with van der Waals surface area (Å²) in [6.45, 7) is -0.411. The van der Waals surface area contributed by atoms with E-state index in [0.29, 0.717) is 16.3 Å². The highest BCUT2D eigenvalue weighted by atomic mass is 35.5. The molecule has 0 radical (unpaired) electrons. The summed E-state index contributed by atoms with van der Waals surface area (Å²) in [5.41, 5.74) is 1.23. The van der Waals surface area contributed by atoms with Crippen LogP contribution in [0.2, 0.25) is 5.02 Å². The van der Waals surface area contributed by atoms with Gasteiger partial charge in [0.15, 0.2) is 6.61 Å². The minimum Gasteiger partial charge on any atom is -0.452 e. The number of halogens is 1. The number of hydrogen-bond donors (Lipinski definition) is 1. The first-order valence-corrected chi connectivity index (χ1v) is 6.69. The molecule has 0 aliphatic rings. The number of nitrogens with one attached hydrogen (secondary N) is 1. The fourth-order valence-corrected chi connectivity index (χ4v) is 1.85. The minimum absolute atomic E-state index is 0.273. The Balaban J connectivity index is 1.87. The van der Waals surface area contributed by atoms with Crippen LogP contribution in [0.1, 0.15) is 15.9 Å². The number of amides is 1. The second-order valence-corrected chi connectivity index (χ2v) is 4.76. The first-order chi connectivity index (χ1) is 10.6. The molecule has 0 saturated carbocycles. The van der Waals surface area contributed by atoms with Crippen molar-refractivity contribution in [3.05, 3.63) is 64.7 Å². The lowest BCUT2D eigenvalue weighted by Crippen LogP contribution is -2.20. The van der Waals surface area contributed by atoms with Gasteiger partial charge in [0.25, 0.3) is 5.91 Å². The van der Waals surface area contributed by atoms with E-state index in [1.54, 1.807) is 24.3 Å². The maximum atomic E-state index is 11.7. The molecule has 0 fully saturated rings. The lowest BCUT2D eigenvalue weighted by Gasteiger charge is -2.07. The molecule has 2 rings (SSSR count). The van der Waals surface area contributed by atoms with Crippen molar-refractivity contribution in [3.63, 3.8) is 0 Å². The molecule has 6 heteroatoms. The Hall–Kier alpha value is -2.84. The zero-order valence-corrected chi connectivity index (χ0v) is 12.1. The normalized spacial score (nSPS) is 9.64. The number of anilines is 1. The molecule has 1 N–H and O–H groups in total. The number of nitrogens with zero attached hydrogens (tertiary/aromatic N) is 1. The van der Waals surface area contributed by atoms with Crippen LogP contribution in [0.15, 0.2) is 48.5 Å². The average Bonchev–Trinajstić information content (AvgIpc) is 2.52. The molecule has 0 heterocycles. The summed E-state index contributed by atoms with van der Waals surface area (Å²) in [7, 11) is 0. The van der Waals surface area contributed by atoms with E-state index in [1.165, 1.54) is 24.3 Å². The fraction of sp³-hybridized carbons (Fsp3) is 0.0625. The van der Waals surface area contributed by atoms with Gasteiger partial charge in [-0.3, -0.25) is 4.79 Å². The number of benzene rings is 2. The zero-order valence-electron chi connectivity index (χ0n) is 11.4. The van der Waals surface area contributed by atoms with Gasteiger partial charge in [-0.15, -0.1) is 0 Å². The quantitative estimate of drug-likeness (QED) is 0.880. The molecule has 110 valence electrons. The van der Waals surface area contributed by atoms with Crippen molar-refractivity contribution < 1.29 is 14.3 Å². The Labute approximate surface area is 132 Å². The van der Waals surface area contributed by atoms with E-state index in [0.717, 1.165) is 0 Å². The molecule has 1 amide bonds. The molecule has 0 unspecified atom stereocenters. The minimum atomic E-state index is -0.634. The number of esters is 1. The van der Waals surface area contributed by atoms with E-state index in [-0.39, 0.29) is 5.56 Å². The van der Waals surface area contributed by atoms with Crippen molar-refractivity contribution >= 4 is 29.2 Å². The summed E-state index contributed by atoms with van der Waals surface area (Å²) < 4.78 is 4.90. The van der Waals surface area contributed by atoms with Crippen LogP contribution in [-0.2, 0) is 9.53 Å². The highest BCUT2D eigenvalue weighted by molar-refractivity contribution is 6.30. The largest absolute Gasteiger partial charge is 0.452 e. The average molecular weight is 315 g/mol. The number of ether oxygens (including phenoxy) is 1. The van der Waals surface area contributed by atoms with E-state index in [9.17, 15) is 9.59 Å². The van der Waals surface area contributed by atoms with Gasteiger partial charge in [-0.25, -0.2) is 4.79 Å². The Morgan fingerprint density at radius 3 is 2.55 bits per heavy atom. The summed E-state index contributed by atoms with van der Waals surface area (Å²) in [6.07, 6.45) is 0. The molecule has 0 saturated heterocycles. The Kier molecular flexibility index (Phi) is 5.12. The van der Waals surface area contributed by atoms with Gasteiger partial charge in [0.2, 0.25) is 0 Å². The molecule has 2 aromatic carbocycles. The number of carbonyl (C=O) groups excluding carboxylic acids is 2. The van der Waals surface area contributed by atoms with E-state index < -0.39 is 18.5 Å². The van der Waals surface area contributed by atoms with E-state index >= 15 is 0 Å². The number of rotatable bonds is 4. The van der Waals surface area contributed by atoms with E-state index in [1.807, 2.05) is 6.07 Å². The lowest BCUT2D eigenvalue weighted by molar-refractivity contribution is -0.119. The standard InChI is InChI=1S/C16H11ClN2O3/c17-13-2-1-3-14(8-13)19-15(20)10-22-16(21)12-6-4-11(9-18)5-7-12/h1-8H,10H2,(H,19,20). The van der Waals surface area contributed by atoms with Crippen molar-refractivity contribution in [2.45, 2.75) is 0 Å². The van der Waals surface area contributed by atoms with Crippen LogP contribution in [0.25, 0.3) is 0 Å². The molecule has 0 aromatic heterocycles. The van der Waals surface area contributed by atoms with Crippen molar-refractivity contribution in [3.8, 4) is 6.07 Å². The van der Waals surface area contributed by atoms with Crippen LogP contribution in [-0.4, -0.2) is 18.5 Å². The third kappa shape index (κ3) is 4.33. The van der Waals surface area contributed by atoms with Crippen LogP contribution in [0.4, 0.5) is 5.69 Å². The molecule has 5 nitrogen and oxygen atoms in total. The summed E-state index contributed by atoms with van der Waals surface area (Å²) in [5.74, 6) is -1.10. The first-order valence-electron chi connectivity index (χ1n) is 6.31. The van der Waals surface area contributed by atoms with Gasteiger partial charge in [-0.1, -0.05) is 17.7 Å². The SMILES string of the molecule is N#Cc1ccc(C(=O)OCC(=O)Nc2cccc(Cl)c2)cc1.